The lowest BCUT2D eigenvalue weighted by Crippen LogP contribution is -2.37. The summed E-state index contributed by atoms with van der Waals surface area (Å²) in [5.41, 5.74) is 3.09. The number of benzene rings is 1. The zero-order valence-electron chi connectivity index (χ0n) is 15.8. The first kappa shape index (κ1) is 23.4. The van der Waals surface area contributed by atoms with Gasteiger partial charge in [0.15, 0.2) is 0 Å². The Kier molecular flexibility index (Phi) is 10.4. The molecule has 0 aliphatic rings. The van der Waals surface area contributed by atoms with Gasteiger partial charge < -0.3 is 10.4 Å². The highest BCUT2D eigenvalue weighted by molar-refractivity contribution is 5.94. The van der Waals surface area contributed by atoms with Crippen LogP contribution in [0.5, 0.6) is 0 Å². The molecule has 0 atom stereocenters. The van der Waals surface area contributed by atoms with Gasteiger partial charge >= 0.3 is 5.97 Å². The Morgan fingerprint density at radius 1 is 1.08 bits per heavy atom. The van der Waals surface area contributed by atoms with Gasteiger partial charge in [0.1, 0.15) is 0 Å². The van der Waals surface area contributed by atoms with Gasteiger partial charge in [0.2, 0.25) is 5.91 Å². The van der Waals surface area contributed by atoms with Crippen molar-refractivity contribution in [3.63, 3.8) is 0 Å². The van der Waals surface area contributed by atoms with Crippen LogP contribution >= 0.6 is 12.4 Å². The third kappa shape index (κ3) is 7.45. The average Bonchev–Trinajstić information content (AvgIpc) is 2.46. The van der Waals surface area contributed by atoms with Gasteiger partial charge in [0, 0.05) is 5.69 Å². The number of carbonyl (C=O) groups is 2. The van der Waals surface area contributed by atoms with Crippen LogP contribution in [0, 0.1) is 0 Å². The fourth-order valence-electron chi connectivity index (χ4n) is 2.80. The number of hydrogen-bond acceptors (Lipinski definition) is 3. The van der Waals surface area contributed by atoms with Crippen molar-refractivity contribution in [3.8, 4) is 0 Å². The van der Waals surface area contributed by atoms with E-state index in [4.69, 9.17) is 5.11 Å². The second-order valence-electron chi connectivity index (χ2n) is 6.77. The van der Waals surface area contributed by atoms with Gasteiger partial charge in [-0.25, -0.2) is 0 Å². The predicted octanol–water partition coefficient (Wildman–Crippen LogP) is 4.09. The SMILES string of the molecule is CCCN(CC(=O)O)CC(=O)Nc1c(C(C)C)cccc1C(C)C.Cl. The molecule has 5 nitrogen and oxygen atoms in total. The summed E-state index contributed by atoms with van der Waals surface area (Å²) in [5.74, 6) is -0.490. The molecule has 0 saturated heterocycles. The standard InChI is InChI=1S/C19H30N2O3.ClH/c1-6-10-21(12-18(23)24)11-17(22)20-19-15(13(2)3)8-7-9-16(19)14(4)5;/h7-9,13-14H,6,10-12H2,1-5H3,(H,20,22)(H,23,24);1H. The molecule has 1 aromatic rings. The van der Waals surface area contributed by atoms with E-state index < -0.39 is 5.97 Å². The maximum atomic E-state index is 12.5. The van der Waals surface area contributed by atoms with E-state index >= 15 is 0 Å². The molecule has 0 saturated carbocycles. The number of carboxylic acid groups (broad SMARTS) is 1. The Bertz CT molecular complexity index is 548. The fraction of sp³-hybridized carbons (Fsp3) is 0.579. The topological polar surface area (TPSA) is 69.6 Å². The summed E-state index contributed by atoms with van der Waals surface area (Å²) in [6.07, 6.45) is 0.806. The summed E-state index contributed by atoms with van der Waals surface area (Å²) in [4.78, 5) is 25.1. The molecule has 25 heavy (non-hydrogen) atoms. The van der Waals surface area contributed by atoms with E-state index in [0.717, 1.165) is 23.2 Å². The molecule has 0 unspecified atom stereocenters. The van der Waals surface area contributed by atoms with Crippen LogP contribution in [0.4, 0.5) is 5.69 Å². The van der Waals surface area contributed by atoms with E-state index in [2.05, 4.69) is 33.0 Å². The normalized spacial score (nSPS) is 10.9. The Labute approximate surface area is 157 Å². The number of halogens is 1. The second kappa shape index (κ2) is 11.1. The minimum atomic E-state index is -0.915. The number of carboxylic acids is 1. The van der Waals surface area contributed by atoms with Gasteiger partial charge in [-0.3, -0.25) is 14.5 Å². The van der Waals surface area contributed by atoms with Gasteiger partial charge in [-0.05, 0) is 35.9 Å². The third-order valence-corrected chi connectivity index (χ3v) is 3.90. The lowest BCUT2D eigenvalue weighted by atomic mass is 9.92. The third-order valence-electron chi connectivity index (χ3n) is 3.90. The highest BCUT2D eigenvalue weighted by Crippen LogP contribution is 2.32. The van der Waals surface area contributed by atoms with Crippen LogP contribution in [0.25, 0.3) is 0 Å². The molecule has 0 aliphatic heterocycles. The van der Waals surface area contributed by atoms with Crippen molar-refractivity contribution in [3.05, 3.63) is 29.3 Å². The highest BCUT2D eigenvalue weighted by atomic mass is 35.5. The molecular formula is C19H31ClN2O3. The largest absolute Gasteiger partial charge is 0.480 e. The van der Waals surface area contributed by atoms with Crippen LogP contribution in [0.2, 0.25) is 0 Å². The lowest BCUT2D eigenvalue weighted by molar-refractivity contribution is -0.138. The molecule has 1 aromatic carbocycles. The van der Waals surface area contributed by atoms with E-state index in [1.165, 1.54) is 0 Å². The Morgan fingerprint density at radius 2 is 1.60 bits per heavy atom. The number of amides is 1. The van der Waals surface area contributed by atoms with Crippen LogP contribution in [0.1, 0.15) is 64.0 Å². The molecule has 0 heterocycles. The minimum Gasteiger partial charge on any atom is -0.480 e. The number of hydrogen-bond donors (Lipinski definition) is 2. The molecule has 6 heteroatoms. The molecular weight excluding hydrogens is 340 g/mol. The van der Waals surface area contributed by atoms with Gasteiger partial charge in [-0.2, -0.15) is 0 Å². The molecule has 1 rings (SSSR count). The second-order valence-corrected chi connectivity index (χ2v) is 6.77. The Morgan fingerprint density at radius 3 is 2.00 bits per heavy atom. The van der Waals surface area contributed by atoms with Crippen LogP contribution in [-0.4, -0.2) is 41.5 Å². The number of aliphatic carboxylic acids is 1. The summed E-state index contributed by atoms with van der Waals surface area (Å²) in [6, 6.07) is 6.09. The molecule has 0 aliphatic carbocycles. The highest BCUT2D eigenvalue weighted by Gasteiger charge is 2.18. The summed E-state index contributed by atoms with van der Waals surface area (Å²) < 4.78 is 0. The molecule has 0 radical (unpaired) electrons. The van der Waals surface area contributed by atoms with Crippen molar-refractivity contribution in [1.82, 2.24) is 4.90 Å². The van der Waals surface area contributed by atoms with Gasteiger partial charge in [-0.15, -0.1) is 12.4 Å². The molecule has 0 spiro atoms. The summed E-state index contributed by atoms with van der Waals surface area (Å²) in [7, 11) is 0. The van der Waals surface area contributed by atoms with E-state index in [1.54, 1.807) is 4.90 Å². The van der Waals surface area contributed by atoms with E-state index in [1.807, 2.05) is 25.1 Å². The summed E-state index contributed by atoms with van der Waals surface area (Å²) in [6.45, 7) is 10.9. The first-order valence-electron chi connectivity index (χ1n) is 8.63. The van der Waals surface area contributed by atoms with Crippen LogP contribution < -0.4 is 5.32 Å². The van der Waals surface area contributed by atoms with E-state index in [0.29, 0.717) is 18.4 Å². The number of nitrogens with zero attached hydrogens (tertiary/aromatic N) is 1. The molecule has 1 amide bonds. The van der Waals surface area contributed by atoms with Gasteiger partial charge in [-0.1, -0.05) is 52.8 Å². The Balaban J connectivity index is 0.00000576. The molecule has 2 N–H and O–H groups in total. The quantitative estimate of drug-likeness (QED) is 0.686. The lowest BCUT2D eigenvalue weighted by Gasteiger charge is -2.22. The molecule has 0 bridgehead atoms. The van der Waals surface area contributed by atoms with E-state index in [9.17, 15) is 9.59 Å². The maximum Gasteiger partial charge on any atom is 0.317 e. The Hall–Kier alpha value is -1.59. The number of anilines is 1. The number of rotatable bonds is 9. The zero-order chi connectivity index (χ0) is 18.3. The monoisotopic (exact) mass is 370 g/mol. The molecule has 0 aromatic heterocycles. The maximum absolute atomic E-state index is 12.5. The first-order valence-corrected chi connectivity index (χ1v) is 8.63. The van der Waals surface area contributed by atoms with Crippen molar-refractivity contribution in [2.45, 2.75) is 52.9 Å². The van der Waals surface area contributed by atoms with Gasteiger partial charge in [0.25, 0.3) is 0 Å². The number of nitrogens with one attached hydrogen (secondary N) is 1. The minimum absolute atomic E-state index is 0. The van der Waals surface area contributed by atoms with Gasteiger partial charge in [0.05, 0.1) is 13.1 Å². The summed E-state index contributed by atoms with van der Waals surface area (Å²) >= 11 is 0. The average molecular weight is 371 g/mol. The van der Waals surface area contributed by atoms with Crippen LogP contribution in [0.15, 0.2) is 18.2 Å². The smallest absolute Gasteiger partial charge is 0.317 e. The predicted molar refractivity (Wildman–Crippen MR) is 105 cm³/mol. The van der Waals surface area contributed by atoms with Crippen LogP contribution in [-0.2, 0) is 9.59 Å². The zero-order valence-corrected chi connectivity index (χ0v) is 16.7. The number of para-hydroxylation sites is 1. The van der Waals surface area contributed by atoms with E-state index in [-0.39, 0.29) is 31.4 Å². The van der Waals surface area contributed by atoms with Crippen molar-refractivity contribution < 1.29 is 14.7 Å². The summed E-state index contributed by atoms with van der Waals surface area (Å²) in [5, 5.41) is 12.0. The first-order chi connectivity index (χ1) is 11.3. The van der Waals surface area contributed by atoms with Crippen molar-refractivity contribution in [2.75, 3.05) is 25.0 Å². The van der Waals surface area contributed by atoms with Crippen molar-refractivity contribution in [1.29, 1.82) is 0 Å². The van der Waals surface area contributed by atoms with Crippen LogP contribution in [0.3, 0.4) is 0 Å². The molecule has 142 valence electrons. The van der Waals surface area contributed by atoms with Crippen molar-refractivity contribution in [2.24, 2.45) is 0 Å². The fourth-order valence-corrected chi connectivity index (χ4v) is 2.80. The molecule has 0 fully saturated rings. The number of carbonyl (C=O) groups excluding carboxylic acids is 1. The van der Waals surface area contributed by atoms with Crippen molar-refractivity contribution >= 4 is 30.0 Å².